The molecule has 0 radical (unpaired) electrons. The number of hydrogen-bond acceptors (Lipinski definition) is 5. The lowest BCUT2D eigenvalue weighted by Crippen LogP contribution is -2.50. The van der Waals surface area contributed by atoms with Gasteiger partial charge in [0.15, 0.2) is 17.8 Å². The fourth-order valence-corrected chi connectivity index (χ4v) is 3.33. The molecule has 0 bridgehead atoms. The second-order valence-electron chi connectivity index (χ2n) is 5.97. The van der Waals surface area contributed by atoms with Gasteiger partial charge < -0.3 is 23.8 Å². The van der Waals surface area contributed by atoms with Gasteiger partial charge >= 0.3 is 0 Å². The largest absolute Gasteiger partial charge is 0.493 e. The number of nitrogens with zero attached hydrogens (tertiary/aromatic N) is 1. The molecule has 1 aromatic rings. The molecular formula is C18H25NO5. The third-order valence-electron chi connectivity index (χ3n) is 4.48. The first-order valence-electron chi connectivity index (χ1n) is 8.59. The predicted octanol–water partition coefficient (Wildman–Crippen LogP) is 2.46. The summed E-state index contributed by atoms with van der Waals surface area (Å²) in [5, 5.41) is 0. The van der Waals surface area contributed by atoms with Crippen LogP contribution in [0.4, 0.5) is 0 Å². The molecule has 24 heavy (non-hydrogen) atoms. The highest BCUT2D eigenvalue weighted by Gasteiger charge is 2.36. The first kappa shape index (κ1) is 17.0. The summed E-state index contributed by atoms with van der Waals surface area (Å²) in [5.74, 6) is 1.21. The summed E-state index contributed by atoms with van der Waals surface area (Å²) in [4.78, 5) is 14.9. The van der Waals surface area contributed by atoms with Crippen LogP contribution in [-0.2, 0) is 9.47 Å². The molecule has 0 N–H and O–H groups in total. The van der Waals surface area contributed by atoms with Crippen molar-refractivity contribution in [3.63, 3.8) is 0 Å². The molecule has 2 aliphatic heterocycles. The topological polar surface area (TPSA) is 57.2 Å². The first-order valence-corrected chi connectivity index (χ1v) is 8.59. The lowest BCUT2D eigenvalue weighted by molar-refractivity contribution is -0.100. The molecule has 2 heterocycles. The van der Waals surface area contributed by atoms with Crippen molar-refractivity contribution in [2.45, 2.75) is 38.5 Å². The Morgan fingerprint density at radius 2 is 2.04 bits per heavy atom. The predicted molar refractivity (Wildman–Crippen MR) is 88.5 cm³/mol. The van der Waals surface area contributed by atoms with Crippen molar-refractivity contribution in [3.05, 3.63) is 23.8 Å². The molecule has 0 saturated carbocycles. The van der Waals surface area contributed by atoms with Gasteiger partial charge in [0.1, 0.15) is 0 Å². The molecule has 1 atom stereocenters. The molecule has 1 amide bonds. The number of piperidine rings is 1. The van der Waals surface area contributed by atoms with E-state index in [4.69, 9.17) is 18.9 Å². The Bertz CT molecular complexity index is 571. The molecule has 132 valence electrons. The maximum atomic E-state index is 13.0. The Balaban J connectivity index is 1.80. The van der Waals surface area contributed by atoms with Crippen molar-refractivity contribution >= 4 is 5.91 Å². The van der Waals surface area contributed by atoms with Gasteiger partial charge in [-0.3, -0.25) is 4.79 Å². The highest BCUT2D eigenvalue weighted by molar-refractivity contribution is 5.95. The summed E-state index contributed by atoms with van der Waals surface area (Å²) < 4.78 is 22.2. The number of hydrogen-bond donors (Lipinski definition) is 0. The smallest absolute Gasteiger partial charge is 0.254 e. The highest BCUT2D eigenvalue weighted by atomic mass is 16.7. The van der Waals surface area contributed by atoms with E-state index in [2.05, 4.69) is 0 Å². The Morgan fingerprint density at radius 3 is 2.75 bits per heavy atom. The van der Waals surface area contributed by atoms with Gasteiger partial charge in [-0.2, -0.15) is 0 Å². The van der Waals surface area contributed by atoms with Gasteiger partial charge in [0.2, 0.25) is 0 Å². The van der Waals surface area contributed by atoms with Gasteiger partial charge in [0, 0.05) is 12.1 Å². The maximum Gasteiger partial charge on any atom is 0.254 e. The fraction of sp³-hybridized carbons (Fsp3) is 0.611. The highest BCUT2D eigenvalue weighted by Crippen LogP contribution is 2.31. The van der Waals surface area contributed by atoms with E-state index in [1.165, 1.54) is 0 Å². The van der Waals surface area contributed by atoms with Crippen molar-refractivity contribution in [2.75, 3.05) is 33.5 Å². The Morgan fingerprint density at radius 1 is 1.25 bits per heavy atom. The molecule has 0 aromatic heterocycles. The Kier molecular flexibility index (Phi) is 5.58. The molecule has 0 spiro atoms. The van der Waals surface area contributed by atoms with E-state index < -0.39 is 0 Å². The van der Waals surface area contributed by atoms with Gasteiger partial charge in [0.25, 0.3) is 5.91 Å². The fourth-order valence-electron chi connectivity index (χ4n) is 3.33. The molecule has 3 rings (SSSR count). The number of benzene rings is 1. The molecular weight excluding hydrogens is 310 g/mol. The van der Waals surface area contributed by atoms with Crippen LogP contribution in [-0.4, -0.2) is 56.6 Å². The molecule has 0 aliphatic carbocycles. The molecule has 0 unspecified atom stereocenters. The van der Waals surface area contributed by atoms with Crippen LogP contribution in [0.1, 0.15) is 36.5 Å². The standard InChI is InChI=1S/C18H25NO5/c1-3-22-15-8-7-13(12-16(15)21-2)17(20)19-9-5-4-6-14(19)18-23-10-11-24-18/h7-8,12,14,18H,3-6,9-11H2,1-2H3/t14-/m1/s1. The van der Waals surface area contributed by atoms with Crippen molar-refractivity contribution in [2.24, 2.45) is 0 Å². The summed E-state index contributed by atoms with van der Waals surface area (Å²) in [6.07, 6.45) is 2.69. The first-order chi connectivity index (χ1) is 11.7. The van der Waals surface area contributed by atoms with Crippen molar-refractivity contribution in [3.8, 4) is 11.5 Å². The van der Waals surface area contributed by atoms with E-state index in [9.17, 15) is 4.79 Å². The molecule has 6 heteroatoms. The molecule has 1 aromatic carbocycles. The zero-order valence-electron chi connectivity index (χ0n) is 14.3. The van der Waals surface area contributed by atoms with Crippen LogP contribution in [0.25, 0.3) is 0 Å². The van der Waals surface area contributed by atoms with Gasteiger partial charge in [-0.1, -0.05) is 0 Å². The van der Waals surface area contributed by atoms with E-state index in [0.29, 0.717) is 36.9 Å². The third-order valence-corrected chi connectivity index (χ3v) is 4.48. The Hall–Kier alpha value is -1.79. The second kappa shape index (κ2) is 7.85. The van der Waals surface area contributed by atoms with Crippen LogP contribution >= 0.6 is 0 Å². The molecule has 2 aliphatic rings. The lowest BCUT2D eigenvalue weighted by atomic mass is 10.00. The van der Waals surface area contributed by atoms with Gasteiger partial charge in [-0.15, -0.1) is 0 Å². The number of likely N-dealkylation sites (tertiary alicyclic amines) is 1. The normalized spacial score (nSPS) is 21.8. The minimum absolute atomic E-state index is 0.0138. The van der Waals surface area contributed by atoms with E-state index in [0.717, 1.165) is 25.8 Å². The number of amides is 1. The molecule has 2 saturated heterocycles. The number of carbonyl (C=O) groups is 1. The van der Waals surface area contributed by atoms with Crippen molar-refractivity contribution < 1.29 is 23.7 Å². The van der Waals surface area contributed by atoms with E-state index in [1.54, 1.807) is 25.3 Å². The van der Waals surface area contributed by atoms with Crippen LogP contribution in [0, 0.1) is 0 Å². The second-order valence-corrected chi connectivity index (χ2v) is 5.97. The quantitative estimate of drug-likeness (QED) is 0.827. The molecule has 6 nitrogen and oxygen atoms in total. The summed E-state index contributed by atoms with van der Waals surface area (Å²) in [6.45, 7) is 4.38. The van der Waals surface area contributed by atoms with Crippen LogP contribution in [0.5, 0.6) is 11.5 Å². The third kappa shape index (κ3) is 3.49. The summed E-state index contributed by atoms with van der Waals surface area (Å²) >= 11 is 0. The number of rotatable bonds is 5. The van der Waals surface area contributed by atoms with Gasteiger partial charge in [-0.25, -0.2) is 0 Å². The zero-order chi connectivity index (χ0) is 16.9. The van der Waals surface area contributed by atoms with Gasteiger partial charge in [-0.05, 0) is 44.4 Å². The van der Waals surface area contributed by atoms with Crippen LogP contribution in [0.2, 0.25) is 0 Å². The molecule has 2 fully saturated rings. The SMILES string of the molecule is CCOc1ccc(C(=O)N2CCCC[C@@H]2C2OCCO2)cc1OC. The van der Waals surface area contributed by atoms with Crippen LogP contribution < -0.4 is 9.47 Å². The zero-order valence-corrected chi connectivity index (χ0v) is 14.3. The Labute approximate surface area is 142 Å². The summed E-state index contributed by atoms with van der Waals surface area (Å²) in [5.41, 5.74) is 0.597. The number of carbonyl (C=O) groups excluding carboxylic acids is 1. The average Bonchev–Trinajstić information content (AvgIpc) is 3.16. The van der Waals surface area contributed by atoms with Crippen LogP contribution in [0.15, 0.2) is 18.2 Å². The minimum Gasteiger partial charge on any atom is -0.493 e. The minimum atomic E-state index is -0.307. The lowest BCUT2D eigenvalue weighted by Gasteiger charge is -2.38. The monoisotopic (exact) mass is 335 g/mol. The van der Waals surface area contributed by atoms with Gasteiger partial charge in [0.05, 0.1) is 33.0 Å². The summed E-state index contributed by atoms with van der Waals surface area (Å²) in [7, 11) is 1.58. The van der Waals surface area contributed by atoms with E-state index in [-0.39, 0.29) is 18.2 Å². The summed E-state index contributed by atoms with van der Waals surface area (Å²) in [6, 6.07) is 5.30. The number of methoxy groups -OCH3 is 1. The maximum absolute atomic E-state index is 13.0. The van der Waals surface area contributed by atoms with E-state index >= 15 is 0 Å². The van der Waals surface area contributed by atoms with Crippen molar-refractivity contribution in [1.82, 2.24) is 4.90 Å². The number of ether oxygens (including phenoxy) is 4. The van der Waals surface area contributed by atoms with Crippen LogP contribution in [0.3, 0.4) is 0 Å². The van der Waals surface area contributed by atoms with E-state index in [1.807, 2.05) is 11.8 Å². The van der Waals surface area contributed by atoms with Crippen molar-refractivity contribution in [1.29, 1.82) is 0 Å². The average molecular weight is 335 g/mol.